The Kier molecular flexibility index (Phi) is 4.73. The number of carbonyl (C=O) groups is 1. The number of aromatic nitrogens is 6. The summed E-state index contributed by atoms with van der Waals surface area (Å²) in [6, 6.07) is 7.04. The molecule has 1 N–H and O–H groups in total. The predicted molar refractivity (Wildman–Crippen MR) is 90.1 cm³/mol. The molecule has 0 saturated heterocycles. The fourth-order valence-corrected chi connectivity index (χ4v) is 2.25. The highest BCUT2D eigenvalue weighted by Crippen LogP contribution is 2.15. The van der Waals surface area contributed by atoms with Gasteiger partial charge in [0.2, 0.25) is 0 Å². The van der Waals surface area contributed by atoms with E-state index in [1.165, 1.54) is 0 Å². The zero-order valence-electron chi connectivity index (χ0n) is 14.2. The molecule has 0 atom stereocenters. The number of hydrogen-bond acceptors (Lipinski definition) is 6. The number of carbonyl (C=O) groups excluding carboxylic acids is 1. The van der Waals surface area contributed by atoms with Crippen LogP contribution in [-0.4, -0.2) is 35.9 Å². The van der Waals surface area contributed by atoms with Crippen molar-refractivity contribution in [2.45, 2.75) is 26.5 Å². The summed E-state index contributed by atoms with van der Waals surface area (Å²) >= 11 is 0. The Morgan fingerprint density at radius 1 is 1.28 bits per heavy atom. The highest BCUT2D eigenvalue weighted by Gasteiger charge is 2.11. The lowest BCUT2D eigenvalue weighted by molar-refractivity contribution is 0.102. The summed E-state index contributed by atoms with van der Waals surface area (Å²) in [7, 11) is 1.79. The molecule has 0 saturated carbocycles. The van der Waals surface area contributed by atoms with E-state index >= 15 is 0 Å². The molecular weight excluding hydrogens is 322 g/mol. The molecular formula is C16H19N7O2. The van der Waals surface area contributed by atoms with Gasteiger partial charge in [-0.1, -0.05) is 0 Å². The number of benzene rings is 1. The van der Waals surface area contributed by atoms with E-state index in [2.05, 4.69) is 25.9 Å². The molecule has 0 unspecified atom stereocenters. The monoisotopic (exact) mass is 341 g/mol. The van der Waals surface area contributed by atoms with Crippen molar-refractivity contribution in [3.05, 3.63) is 48.0 Å². The number of tetrazole rings is 1. The van der Waals surface area contributed by atoms with Crippen LogP contribution < -0.4 is 10.1 Å². The first kappa shape index (κ1) is 16.6. The van der Waals surface area contributed by atoms with Gasteiger partial charge in [-0.15, -0.1) is 5.10 Å². The molecule has 9 nitrogen and oxygen atoms in total. The van der Waals surface area contributed by atoms with Crippen molar-refractivity contribution in [1.29, 1.82) is 0 Å². The van der Waals surface area contributed by atoms with Crippen LogP contribution in [0.2, 0.25) is 0 Å². The summed E-state index contributed by atoms with van der Waals surface area (Å²) < 4.78 is 9.02. The average Bonchev–Trinajstić information content (AvgIpc) is 3.22. The Morgan fingerprint density at radius 3 is 2.68 bits per heavy atom. The van der Waals surface area contributed by atoms with Gasteiger partial charge in [0, 0.05) is 18.8 Å². The largest absolute Gasteiger partial charge is 0.486 e. The van der Waals surface area contributed by atoms with E-state index in [0.717, 1.165) is 0 Å². The van der Waals surface area contributed by atoms with Crippen LogP contribution in [-0.2, 0) is 13.7 Å². The Morgan fingerprint density at radius 2 is 2.04 bits per heavy atom. The van der Waals surface area contributed by atoms with Crippen LogP contribution in [0.3, 0.4) is 0 Å². The van der Waals surface area contributed by atoms with E-state index in [4.69, 9.17) is 4.74 Å². The highest BCUT2D eigenvalue weighted by molar-refractivity contribution is 6.04. The van der Waals surface area contributed by atoms with E-state index in [9.17, 15) is 4.79 Å². The molecule has 3 rings (SSSR count). The van der Waals surface area contributed by atoms with Crippen molar-refractivity contribution in [2.24, 2.45) is 7.05 Å². The summed E-state index contributed by atoms with van der Waals surface area (Å²) in [6.07, 6.45) is 3.32. The first-order valence-corrected chi connectivity index (χ1v) is 7.82. The Hall–Kier alpha value is -3.23. The van der Waals surface area contributed by atoms with Crippen LogP contribution >= 0.6 is 0 Å². The number of ether oxygens (including phenoxy) is 1. The van der Waals surface area contributed by atoms with Crippen molar-refractivity contribution >= 4 is 11.6 Å². The van der Waals surface area contributed by atoms with Crippen molar-refractivity contribution in [2.75, 3.05) is 5.32 Å². The van der Waals surface area contributed by atoms with Crippen LogP contribution in [0.25, 0.3) is 0 Å². The smallest absolute Gasteiger partial charge is 0.255 e. The van der Waals surface area contributed by atoms with Crippen LogP contribution in [0.5, 0.6) is 5.75 Å². The van der Waals surface area contributed by atoms with E-state index in [1.807, 2.05) is 13.8 Å². The second-order valence-electron chi connectivity index (χ2n) is 5.80. The van der Waals surface area contributed by atoms with Gasteiger partial charge in [0.1, 0.15) is 12.4 Å². The molecule has 1 amide bonds. The lowest BCUT2D eigenvalue weighted by atomic mass is 10.2. The number of nitrogens with one attached hydrogen (secondary N) is 1. The van der Waals surface area contributed by atoms with E-state index < -0.39 is 0 Å². The topological polar surface area (TPSA) is 99.8 Å². The van der Waals surface area contributed by atoms with Crippen LogP contribution in [0.1, 0.15) is 36.1 Å². The maximum Gasteiger partial charge on any atom is 0.255 e. The van der Waals surface area contributed by atoms with Crippen molar-refractivity contribution in [3.8, 4) is 5.75 Å². The average molecular weight is 341 g/mol. The Labute approximate surface area is 144 Å². The molecule has 0 bridgehead atoms. The minimum absolute atomic E-state index is 0.159. The molecule has 25 heavy (non-hydrogen) atoms. The zero-order valence-corrected chi connectivity index (χ0v) is 14.2. The number of rotatable bonds is 6. The van der Waals surface area contributed by atoms with Crippen molar-refractivity contribution < 1.29 is 9.53 Å². The minimum atomic E-state index is -0.205. The summed E-state index contributed by atoms with van der Waals surface area (Å²) in [6.45, 7) is 4.25. The Bertz CT molecular complexity index is 852. The lowest BCUT2D eigenvalue weighted by Crippen LogP contribution is -2.12. The molecule has 3 aromatic rings. The van der Waals surface area contributed by atoms with Gasteiger partial charge in [-0.3, -0.25) is 9.48 Å². The standard InChI is InChI=1S/C16H19N7O2/c1-11(2)23-15(19-20-21-23)10-25-14-6-4-12(5-7-14)16(24)18-13-8-17-22(3)9-13/h4-9,11H,10H2,1-3H3,(H,18,24). The number of hydrogen-bond donors (Lipinski definition) is 1. The summed E-state index contributed by atoms with van der Waals surface area (Å²) in [5, 5.41) is 18.3. The first-order valence-electron chi connectivity index (χ1n) is 7.82. The SMILES string of the molecule is CC(C)n1nnnc1COc1ccc(C(=O)Nc2cnn(C)c2)cc1. The highest BCUT2D eigenvalue weighted by atomic mass is 16.5. The van der Waals surface area contributed by atoms with E-state index in [-0.39, 0.29) is 18.6 Å². The van der Waals surface area contributed by atoms with Crippen LogP contribution in [0, 0.1) is 0 Å². The fraction of sp³-hybridized carbons (Fsp3) is 0.312. The molecule has 0 spiro atoms. The normalized spacial score (nSPS) is 10.9. The quantitative estimate of drug-likeness (QED) is 0.734. The van der Waals surface area contributed by atoms with Crippen LogP contribution in [0.15, 0.2) is 36.7 Å². The zero-order chi connectivity index (χ0) is 17.8. The minimum Gasteiger partial charge on any atom is -0.486 e. The van der Waals surface area contributed by atoms with Gasteiger partial charge in [0.05, 0.1) is 17.9 Å². The maximum atomic E-state index is 12.2. The van der Waals surface area contributed by atoms with Gasteiger partial charge in [-0.25, -0.2) is 4.68 Å². The van der Waals surface area contributed by atoms with Gasteiger partial charge in [0.25, 0.3) is 5.91 Å². The summed E-state index contributed by atoms with van der Waals surface area (Å²) in [5.41, 5.74) is 1.18. The van der Waals surface area contributed by atoms with Gasteiger partial charge >= 0.3 is 0 Å². The van der Waals surface area contributed by atoms with Crippen LogP contribution in [0.4, 0.5) is 5.69 Å². The van der Waals surface area contributed by atoms with E-state index in [0.29, 0.717) is 22.8 Å². The molecule has 2 aromatic heterocycles. The fourth-order valence-electron chi connectivity index (χ4n) is 2.25. The second kappa shape index (κ2) is 7.12. The third-order valence-electron chi connectivity index (χ3n) is 3.50. The van der Waals surface area contributed by atoms with Gasteiger partial charge in [0.15, 0.2) is 5.82 Å². The third kappa shape index (κ3) is 4.00. The number of aryl methyl sites for hydroxylation is 1. The molecule has 0 radical (unpaired) electrons. The maximum absolute atomic E-state index is 12.2. The lowest BCUT2D eigenvalue weighted by Gasteiger charge is -2.09. The third-order valence-corrected chi connectivity index (χ3v) is 3.50. The summed E-state index contributed by atoms with van der Waals surface area (Å²) in [5.74, 6) is 1.08. The Balaban J connectivity index is 1.60. The molecule has 130 valence electrons. The van der Waals surface area contributed by atoms with E-state index in [1.54, 1.807) is 53.1 Å². The summed E-state index contributed by atoms with van der Waals surface area (Å²) in [4.78, 5) is 12.2. The molecule has 0 aliphatic rings. The number of anilines is 1. The molecule has 0 fully saturated rings. The molecule has 9 heteroatoms. The van der Waals surface area contributed by atoms with Crippen molar-refractivity contribution in [1.82, 2.24) is 30.0 Å². The molecule has 0 aliphatic heterocycles. The first-order chi connectivity index (χ1) is 12.0. The number of nitrogens with zero attached hydrogens (tertiary/aromatic N) is 6. The molecule has 2 heterocycles. The van der Waals surface area contributed by atoms with Gasteiger partial charge in [-0.05, 0) is 48.5 Å². The van der Waals surface area contributed by atoms with Gasteiger partial charge < -0.3 is 10.1 Å². The molecule has 1 aromatic carbocycles. The number of amides is 1. The molecule has 0 aliphatic carbocycles. The van der Waals surface area contributed by atoms with Gasteiger partial charge in [-0.2, -0.15) is 5.10 Å². The predicted octanol–water partition coefficient (Wildman–Crippen LogP) is 1.82. The van der Waals surface area contributed by atoms with Crippen molar-refractivity contribution in [3.63, 3.8) is 0 Å². The second-order valence-corrected chi connectivity index (χ2v) is 5.80.